The highest BCUT2D eigenvalue weighted by molar-refractivity contribution is 8.18. The molecule has 2 amide bonds. The van der Waals surface area contributed by atoms with Crippen molar-refractivity contribution in [3.05, 3.63) is 116 Å². The predicted octanol–water partition coefficient (Wildman–Crippen LogP) is 6.80. The number of carbonyl (C=O) groups excluding carboxylic acids is 2. The van der Waals surface area contributed by atoms with Gasteiger partial charge in [-0.3, -0.25) is 24.6 Å². The maximum Gasteiger partial charge on any atom is 0.293 e. The van der Waals surface area contributed by atoms with Crippen LogP contribution in [0.2, 0.25) is 5.02 Å². The van der Waals surface area contributed by atoms with Gasteiger partial charge in [-0.15, -0.1) is 6.58 Å². The van der Waals surface area contributed by atoms with Gasteiger partial charge in [-0.05, 0) is 77.3 Å². The van der Waals surface area contributed by atoms with Crippen molar-refractivity contribution in [2.45, 2.75) is 19.6 Å². The summed E-state index contributed by atoms with van der Waals surface area (Å²) in [4.78, 5) is 37.5. The number of nitrogens with zero attached hydrogens (tertiary/aromatic N) is 2. The Morgan fingerprint density at radius 3 is 2.39 bits per heavy atom. The van der Waals surface area contributed by atoms with Gasteiger partial charge in [0.2, 0.25) is 0 Å². The summed E-state index contributed by atoms with van der Waals surface area (Å²) in [6.45, 7) is 4.13. The van der Waals surface area contributed by atoms with Gasteiger partial charge in [0.25, 0.3) is 16.8 Å². The average Bonchev–Trinajstić information content (AvgIpc) is 3.16. The molecule has 0 N–H and O–H groups in total. The quantitative estimate of drug-likeness (QED) is 0.118. The molecule has 1 saturated heterocycles. The van der Waals surface area contributed by atoms with E-state index in [2.05, 4.69) is 6.58 Å². The van der Waals surface area contributed by atoms with E-state index in [1.54, 1.807) is 54.6 Å². The highest BCUT2D eigenvalue weighted by Gasteiger charge is 2.35. The third-order valence-electron chi connectivity index (χ3n) is 5.69. The van der Waals surface area contributed by atoms with Gasteiger partial charge >= 0.3 is 0 Å². The van der Waals surface area contributed by atoms with Crippen LogP contribution < -0.4 is 9.47 Å². The minimum Gasteiger partial charge on any atom is -0.493 e. The fourth-order valence-electron chi connectivity index (χ4n) is 3.82. The molecule has 1 aliphatic rings. The second-order valence-corrected chi connectivity index (χ2v) is 9.74. The smallest absolute Gasteiger partial charge is 0.293 e. The number of carbonyl (C=O) groups is 2. The first kappa shape index (κ1) is 27.0. The molecule has 38 heavy (non-hydrogen) atoms. The van der Waals surface area contributed by atoms with E-state index in [9.17, 15) is 19.7 Å². The Balaban J connectivity index is 1.56. The molecule has 0 aromatic heterocycles. The molecule has 8 nitrogen and oxygen atoms in total. The Morgan fingerprint density at radius 1 is 1.08 bits per heavy atom. The number of benzene rings is 3. The monoisotopic (exact) mass is 550 g/mol. The highest BCUT2D eigenvalue weighted by Crippen LogP contribution is 2.38. The molecule has 0 saturated carbocycles. The van der Waals surface area contributed by atoms with Crippen LogP contribution in [-0.4, -0.2) is 28.1 Å². The Labute approximate surface area is 228 Å². The molecule has 1 heterocycles. The average molecular weight is 551 g/mol. The molecule has 1 fully saturated rings. The summed E-state index contributed by atoms with van der Waals surface area (Å²) in [6, 6.07) is 16.7. The number of thioether (sulfide) groups is 1. The first-order valence-corrected chi connectivity index (χ1v) is 12.7. The lowest BCUT2D eigenvalue weighted by Gasteiger charge is -2.16. The summed E-state index contributed by atoms with van der Waals surface area (Å²) >= 11 is 6.81. The van der Waals surface area contributed by atoms with Crippen molar-refractivity contribution in [1.29, 1.82) is 0 Å². The van der Waals surface area contributed by atoms with E-state index < -0.39 is 4.92 Å². The van der Waals surface area contributed by atoms with Crippen LogP contribution in [0.3, 0.4) is 0 Å². The van der Waals surface area contributed by atoms with Gasteiger partial charge in [-0.1, -0.05) is 29.8 Å². The van der Waals surface area contributed by atoms with Crippen molar-refractivity contribution in [2.24, 2.45) is 0 Å². The fraction of sp³-hybridized carbons (Fsp3) is 0.143. The summed E-state index contributed by atoms with van der Waals surface area (Å²) in [5.74, 6) is 0.564. The lowest BCUT2D eigenvalue weighted by molar-refractivity contribution is -0.384. The molecule has 0 atom stereocenters. The largest absolute Gasteiger partial charge is 0.493 e. The number of hydrogen-bond acceptors (Lipinski definition) is 7. The normalized spacial score (nSPS) is 14.2. The summed E-state index contributed by atoms with van der Waals surface area (Å²) < 4.78 is 11.6. The number of nitro benzene ring substituents is 1. The van der Waals surface area contributed by atoms with Gasteiger partial charge in [-0.2, -0.15) is 0 Å². The number of allylic oxidation sites excluding steroid dienone is 1. The van der Waals surface area contributed by atoms with Gasteiger partial charge in [0, 0.05) is 22.7 Å². The Hall–Kier alpha value is -4.08. The zero-order valence-electron chi connectivity index (χ0n) is 20.4. The van der Waals surface area contributed by atoms with Crippen molar-refractivity contribution in [3.63, 3.8) is 0 Å². The number of imide groups is 1. The minimum atomic E-state index is -0.457. The molecule has 0 unspecified atom stereocenters. The third-order valence-corrected chi connectivity index (χ3v) is 6.85. The van der Waals surface area contributed by atoms with E-state index in [1.807, 2.05) is 6.07 Å². The number of non-ortho nitro benzene ring substituents is 1. The molecule has 3 aromatic rings. The molecule has 3 aromatic carbocycles. The van der Waals surface area contributed by atoms with Crippen LogP contribution in [0.25, 0.3) is 6.08 Å². The van der Waals surface area contributed by atoms with Crippen LogP contribution in [0, 0.1) is 10.1 Å². The first-order valence-electron chi connectivity index (χ1n) is 11.5. The van der Waals surface area contributed by atoms with Crippen LogP contribution in [0.4, 0.5) is 10.5 Å². The van der Waals surface area contributed by atoms with Gasteiger partial charge < -0.3 is 9.47 Å². The lowest BCUT2D eigenvalue weighted by atomic mass is 10.0. The van der Waals surface area contributed by atoms with Gasteiger partial charge in [0.1, 0.15) is 6.61 Å². The number of halogens is 1. The molecule has 194 valence electrons. The molecule has 10 heteroatoms. The van der Waals surface area contributed by atoms with Crippen molar-refractivity contribution < 1.29 is 24.0 Å². The number of methoxy groups -OCH3 is 1. The molecular weight excluding hydrogens is 528 g/mol. The number of amides is 2. The van der Waals surface area contributed by atoms with E-state index in [0.29, 0.717) is 33.4 Å². The molecule has 0 aliphatic carbocycles. The summed E-state index contributed by atoms with van der Waals surface area (Å²) in [5.41, 5.74) is 2.98. The maximum atomic E-state index is 13.0. The second-order valence-electron chi connectivity index (χ2n) is 8.31. The third kappa shape index (κ3) is 6.24. The zero-order chi connectivity index (χ0) is 27.2. The molecular formula is C28H23ClN2O6S. The SMILES string of the molecule is C=CCc1cc(/C=C2/SC(=O)N(Cc3ccc(Cl)cc3)C2=O)cc(OC)c1OCc1ccc([N+](=O)[O-])cc1. The standard InChI is InChI=1S/C28H23ClN2O6S/c1-3-4-21-13-20(14-24(36-2)26(21)37-17-19-7-11-23(12-8-19)31(34)35)15-25-27(32)30(28(33)38-25)16-18-5-9-22(29)10-6-18/h3,5-15H,1,4,16-17H2,2H3/b25-15+. The minimum absolute atomic E-state index is 0.000565. The molecule has 0 spiro atoms. The second kappa shape index (κ2) is 12.0. The predicted molar refractivity (Wildman–Crippen MR) is 147 cm³/mol. The van der Waals surface area contributed by atoms with Gasteiger partial charge in [0.15, 0.2) is 11.5 Å². The summed E-state index contributed by atoms with van der Waals surface area (Å²) in [7, 11) is 1.51. The Kier molecular flexibility index (Phi) is 8.50. The van der Waals surface area contributed by atoms with E-state index in [4.69, 9.17) is 21.1 Å². The van der Waals surface area contributed by atoms with E-state index >= 15 is 0 Å². The number of nitro groups is 1. The topological polar surface area (TPSA) is 99.0 Å². The zero-order valence-corrected chi connectivity index (χ0v) is 22.0. The van der Waals surface area contributed by atoms with Gasteiger partial charge in [-0.25, -0.2) is 0 Å². The maximum absolute atomic E-state index is 13.0. The van der Waals surface area contributed by atoms with Crippen LogP contribution in [0.15, 0.2) is 78.2 Å². The number of rotatable bonds is 10. The summed E-state index contributed by atoms with van der Waals surface area (Å²) in [5, 5.41) is 11.1. The van der Waals surface area contributed by atoms with Crippen molar-refractivity contribution in [3.8, 4) is 11.5 Å². The van der Waals surface area contributed by atoms with Crippen LogP contribution in [-0.2, 0) is 24.4 Å². The first-order chi connectivity index (χ1) is 18.3. The highest BCUT2D eigenvalue weighted by atomic mass is 35.5. The Morgan fingerprint density at radius 2 is 1.76 bits per heavy atom. The van der Waals surface area contributed by atoms with Crippen molar-refractivity contribution >= 4 is 46.3 Å². The molecule has 0 radical (unpaired) electrons. The number of hydrogen-bond donors (Lipinski definition) is 0. The molecule has 0 bridgehead atoms. The fourth-order valence-corrected chi connectivity index (χ4v) is 4.78. The van der Waals surface area contributed by atoms with E-state index in [0.717, 1.165) is 28.5 Å². The Bertz CT molecular complexity index is 1420. The van der Waals surface area contributed by atoms with Crippen LogP contribution >= 0.6 is 23.4 Å². The van der Waals surface area contributed by atoms with Crippen LogP contribution in [0.1, 0.15) is 22.3 Å². The van der Waals surface area contributed by atoms with Crippen molar-refractivity contribution in [2.75, 3.05) is 7.11 Å². The van der Waals surface area contributed by atoms with Gasteiger partial charge in [0.05, 0.1) is 23.5 Å². The van der Waals surface area contributed by atoms with Crippen LogP contribution in [0.5, 0.6) is 11.5 Å². The number of ether oxygens (including phenoxy) is 2. The van der Waals surface area contributed by atoms with E-state index in [1.165, 1.54) is 24.1 Å². The van der Waals surface area contributed by atoms with Crippen molar-refractivity contribution in [1.82, 2.24) is 4.90 Å². The molecule has 4 rings (SSSR count). The van der Waals surface area contributed by atoms with E-state index in [-0.39, 0.29) is 30.0 Å². The molecule has 1 aliphatic heterocycles. The lowest BCUT2D eigenvalue weighted by Crippen LogP contribution is -2.27. The summed E-state index contributed by atoms with van der Waals surface area (Å²) in [6.07, 6.45) is 3.84.